The summed E-state index contributed by atoms with van der Waals surface area (Å²) in [6, 6.07) is 51.3. The van der Waals surface area contributed by atoms with Gasteiger partial charge in [0.2, 0.25) is 0 Å². The van der Waals surface area contributed by atoms with E-state index in [4.69, 9.17) is 5.73 Å². The minimum Gasteiger partial charge on any atom is -0.398 e. The van der Waals surface area contributed by atoms with Gasteiger partial charge in [0.25, 0.3) is 0 Å². The van der Waals surface area contributed by atoms with Crippen molar-refractivity contribution in [2.75, 3.05) is 10.6 Å². The van der Waals surface area contributed by atoms with Gasteiger partial charge in [0.05, 0.1) is 0 Å². The summed E-state index contributed by atoms with van der Waals surface area (Å²) in [4.78, 5) is 2.28. The van der Waals surface area contributed by atoms with Gasteiger partial charge in [-0.2, -0.15) is 0 Å². The number of nitrogens with zero attached hydrogens (tertiary/aromatic N) is 1. The predicted octanol–water partition coefficient (Wildman–Crippen LogP) is 10.4. The molecule has 0 amide bonds. The van der Waals surface area contributed by atoms with E-state index in [1.54, 1.807) is 0 Å². The Balaban J connectivity index is 1.52. The zero-order chi connectivity index (χ0) is 27.5. The minimum absolute atomic E-state index is 0.779. The number of nitrogens with two attached hydrogens (primary N) is 1. The molecule has 0 spiro atoms. The van der Waals surface area contributed by atoms with Crippen molar-refractivity contribution < 1.29 is 0 Å². The first kappa shape index (κ1) is 25.2. The molecule has 6 rings (SSSR count). The van der Waals surface area contributed by atoms with E-state index in [0.717, 1.165) is 56.1 Å². The molecule has 40 heavy (non-hydrogen) atoms. The Morgan fingerprint density at radius 3 is 1.45 bits per heavy atom. The summed E-state index contributed by atoms with van der Waals surface area (Å²) in [6.07, 6.45) is 0. The molecule has 0 atom stereocenters. The van der Waals surface area contributed by atoms with Crippen LogP contribution in [0.4, 0.5) is 22.7 Å². The lowest BCUT2D eigenvalue weighted by atomic mass is 9.86. The Morgan fingerprint density at radius 2 is 0.925 bits per heavy atom. The summed E-state index contributed by atoms with van der Waals surface area (Å²) in [6.45, 7) is 4.26. The van der Waals surface area contributed by atoms with Gasteiger partial charge in [-0.05, 0) is 84.1 Å². The van der Waals surface area contributed by atoms with Crippen molar-refractivity contribution in [1.82, 2.24) is 0 Å². The molecule has 6 aromatic rings. The van der Waals surface area contributed by atoms with Crippen LogP contribution in [-0.2, 0) is 0 Å². The smallest absolute Gasteiger partial charge is 0.0462 e. The highest BCUT2D eigenvalue weighted by Gasteiger charge is 2.18. The normalized spacial score (nSPS) is 10.8. The highest BCUT2D eigenvalue weighted by molar-refractivity contribution is 6.00. The van der Waals surface area contributed by atoms with E-state index in [1.807, 2.05) is 6.07 Å². The quantitative estimate of drug-likeness (QED) is 0.223. The Labute approximate surface area is 237 Å². The average molecular weight is 517 g/mol. The maximum absolute atomic E-state index is 6.71. The van der Waals surface area contributed by atoms with Crippen LogP contribution >= 0.6 is 0 Å². The predicted molar refractivity (Wildman–Crippen MR) is 171 cm³/mol. The van der Waals surface area contributed by atoms with Crippen molar-refractivity contribution in [2.24, 2.45) is 0 Å². The summed E-state index contributed by atoms with van der Waals surface area (Å²) in [5.74, 6) is 0. The van der Waals surface area contributed by atoms with E-state index in [9.17, 15) is 0 Å². The molecule has 2 nitrogen and oxygen atoms in total. The lowest BCUT2D eigenvalue weighted by molar-refractivity contribution is 1.28. The third-order valence-corrected chi connectivity index (χ3v) is 7.32. The zero-order valence-electron chi connectivity index (χ0n) is 22.9. The maximum atomic E-state index is 6.71. The van der Waals surface area contributed by atoms with Crippen LogP contribution in [-0.4, -0.2) is 0 Å². The summed E-state index contributed by atoms with van der Waals surface area (Å²) in [5.41, 5.74) is 20.1. The molecular formula is C38H32N2. The number of rotatable bonds is 6. The van der Waals surface area contributed by atoms with Crippen molar-refractivity contribution >= 4 is 22.7 Å². The summed E-state index contributed by atoms with van der Waals surface area (Å²) < 4.78 is 0. The fourth-order valence-corrected chi connectivity index (χ4v) is 5.46. The number of para-hydroxylation sites is 2. The molecule has 194 valence electrons. The number of benzene rings is 6. The molecule has 2 N–H and O–H groups in total. The van der Waals surface area contributed by atoms with Gasteiger partial charge in [-0.25, -0.2) is 0 Å². The van der Waals surface area contributed by atoms with Gasteiger partial charge >= 0.3 is 0 Å². The van der Waals surface area contributed by atoms with Gasteiger partial charge in [-0.1, -0.05) is 114 Å². The van der Waals surface area contributed by atoms with Crippen molar-refractivity contribution in [2.45, 2.75) is 13.8 Å². The second-order valence-corrected chi connectivity index (χ2v) is 10.2. The number of nitrogen functional groups attached to an aromatic ring is 1. The van der Waals surface area contributed by atoms with Gasteiger partial charge in [-0.3, -0.25) is 0 Å². The molecule has 0 bridgehead atoms. The van der Waals surface area contributed by atoms with E-state index in [-0.39, 0.29) is 0 Å². The van der Waals surface area contributed by atoms with E-state index in [0.29, 0.717) is 0 Å². The van der Waals surface area contributed by atoms with Crippen LogP contribution in [0.25, 0.3) is 33.4 Å². The van der Waals surface area contributed by atoms with Gasteiger partial charge in [0, 0.05) is 28.3 Å². The zero-order valence-corrected chi connectivity index (χ0v) is 22.9. The molecule has 2 heteroatoms. The highest BCUT2D eigenvalue weighted by atomic mass is 15.1. The lowest BCUT2D eigenvalue weighted by Gasteiger charge is -2.26. The third kappa shape index (κ3) is 5.00. The van der Waals surface area contributed by atoms with Gasteiger partial charge < -0.3 is 10.6 Å². The van der Waals surface area contributed by atoms with Gasteiger partial charge in [-0.15, -0.1) is 0 Å². The maximum Gasteiger partial charge on any atom is 0.0462 e. The van der Waals surface area contributed by atoms with Crippen molar-refractivity contribution in [3.05, 3.63) is 157 Å². The summed E-state index contributed by atoms with van der Waals surface area (Å²) >= 11 is 0. The van der Waals surface area contributed by atoms with Gasteiger partial charge in [0.1, 0.15) is 0 Å². The number of hydrogen-bond acceptors (Lipinski definition) is 2. The van der Waals surface area contributed by atoms with Gasteiger partial charge in [0.15, 0.2) is 0 Å². The Bertz CT molecular complexity index is 1710. The second kappa shape index (κ2) is 11.0. The molecule has 0 aromatic heterocycles. The first-order valence-electron chi connectivity index (χ1n) is 13.7. The molecule has 0 aliphatic rings. The largest absolute Gasteiger partial charge is 0.398 e. The Kier molecular flexibility index (Phi) is 6.91. The average Bonchev–Trinajstić information content (AvgIpc) is 2.99. The molecule has 0 heterocycles. The van der Waals surface area contributed by atoms with Crippen LogP contribution in [0.3, 0.4) is 0 Å². The summed E-state index contributed by atoms with van der Waals surface area (Å²) in [5, 5.41) is 0. The van der Waals surface area contributed by atoms with Crippen molar-refractivity contribution in [3.8, 4) is 33.4 Å². The fraction of sp³-hybridized carbons (Fsp3) is 0.0526. The van der Waals surface area contributed by atoms with Crippen LogP contribution in [0.5, 0.6) is 0 Å². The number of anilines is 4. The molecule has 0 unspecified atom stereocenters. The highest BCUT2D eigenvalue weighted by Crippen LogP contribution is 2.44. The van der Waals surface area contributed by atoms with Crippen LogP contribution < -0.4 is 10.6 Å². The van der Waals surface area contributed by atoms with Crippen LogP contribution in [0.2, 0.25) is 0 Å². The fourth-order valence-electron chi connectivity index (χ4n) is 5.46. The number of hydrogen-bond donors (Lipinski definition) is 1. The van der Waals surface area contributed by atoms with Crippen LogP contribution in [0.15, 0.2) is 146 Å². The minimum atomic E-state index is 0.779. The van der Waals surface area contributed by atoms with E-state index < -0.39 is 0 Å². The topological polar surface area (TPSA) is 29.3 Å². The molecular weight excluding hydrogens is 484 g/mol. The Hall–Kier alpha value is -5.08. The Morgan fingerprint density at radius 1 is 0.425 bits per heavy atom. The number of aryl methyl sites for hydroxylation is 2. The van der Waals surface area contributed by atoms with E-state index in [2.05, 4.69) is 158 Å². The van der Waals surface area contributed by atoms with Crippen molar-refractivity contribution in [3.63, 3.8) is 0 Å². The molecule has 0 saturated heterocycles. The van der Waals surface area contributed by atoms with Crippen molar-refractivity contribution in [1.29, 1.82) is 0 Å². The molecule has 0 aliphatic heterocycles. The molecule has 0 aliphatic carbocycles. The first-order chi connectivity index (χ1) is 19.6. The molecule has 6 aromatic carbocycles. The first-order valence-corrected chi connectivity index (χ1v) is 13.7. The SMILES string of the molecule is Cc1cccc(-c2c(N)ccc(-c3ccc(N(c4ccccc4)c4ccccc4)cc3)c2-c2cccc(C)c2)c1. The third-order valence-electron chi connectivity index (χ3n) is 7.32. The standard InChI is InChI=1S/C38H32N2/c1-27-11-9-13-30(25-27)37-35(23-24-36(39)38(37)31-14-10-12-28(2)26-31)29-19-21-34(22-20-29)40(32-15-5-3-6-16-32)33-17-7-4-8-18-33/h3-26H,39H2,1-2H3. The molecule has 0 saturated carbocycles. The molecule has 0 fully saturated rings. The lowest BCUT2D eigenvalue weighted by Crippen LogP contribution is -2.09. The van der Waals surface area contributed by atoms with Crippen LogP contribution in [0.1, 0.15) is 11.1 Å². The molecule has 0 radical (unpaired) electrons. The van der Waals surface area contributed by atoms with E-state index >= 15 is 0 Å². The van der Waals surface area contributed by atoms with Crippen LogP contribution in [0, 0.1) is 13.8 Å². The second-order valence-electron chi connectivity index (χ2n) is 10.2. The van der Waals surface area contributed by atoms with E-state index in [1.165, 1.54) is 11.1 Å². The monoisotopic (exact) mass is 516 g/mol. The summed E-state index contributed by atoms with van der Waals surface area (Å²) in [7, 11) is 0.